The third kappa shape index (κ3) is 2.86. The van der Waals surface area contributed by atoms with E-state index in [0.29, 0.717) is 23.2 Å². The van der Waals surface area contributed by atoms with Gasteiger partial charge in [0.1, 0.15) is 11.0 Å². The van der Waals surface area contributed by atoms with Crippen LogP contribution in [-0.2, 0) is 6.54 Å². The lowest BCUT2D eigenvalue weighted by Gasteiger charge is -2.05. The second-order valence-corrected chi connectivity index (χ2v) is 5.83. The molecule has 1 saturated carbocycles. The monoisotopic (exact) mass is 306 g/mol. The van der Waals surface area contributed by atoms with Crippen LogP contribution in [0.2, 0.25) is 5.15 Å². The number of hydrogen-bond donors (Lipinski definition) is 0. The van der Waals surface area contributed by atoms with E-state index in [-0.39, 0.29) is 5.82 Å². The number of rotatable bonds is 4. The first-order chi connectivity index (χ1) is 10.2. The number of aromatic nitrogens is 2. The topological polar surface area (TPSA) is 34.9 Å². The Labute approximate surface area is 127 Å². The van der Waals surface area contributed by atoms with E-state index in [1.807, 2.05) is 6.07 Å². The van der Waals surface area contributed by atoms with Crippen molar-refractivity contribution in [1.82, 2.24) is 9.78 Å². The maximum atomic E-state index is 13.2. The smallest absolute Gasteiger partial charge is 0.155 e. The molecule has 1 heterocycles. The normalized spacial score (nSPS) is 15.5. The summed E-state index contributed by atoms with van der Waals surface area (Å²) in [6, 6.07) is 6.32. The Bertz CT molecular complexity index is 662. The molecule has 1 aliphatic carbocycles. The Morgan fingerprint density at radius 1 is 1.38 bits per heavy atom. The van der Waals surface area contributed by atoms with Crippen molar-refractivity contribution >= 4 is 17.9 Å². The lowest BCUT2D eigenvalue weighted by atomic mass is 10.0. The molecule has 0 N–H and O–H groups in total. The molecule has 0 amide bonds. The zero-order valence-corrected chi connectivity index (χ0v) is 12.3. The van der Waals surface area contributed by atoms with Crippen LogP contribution in [-0.4, -0.2) is 16.1 Å². The van der Waals surface area contributed by atoms with Gasteiger partial charge in [0.15, 0.2) is 6.29 Å². The van der Waals surface area contributed by atoms with E-state index in [9.17, 15) is 9.18 Å². The van der Waals surface area contributed by atoms with E-state index < -0.39 is 0 Å². The molecule has 0 atom stereocenters. The van der Waals surface area contributed by atoms with Gasteiger partial charge in [0, 0.05) is 5.92 Å². The number of aldehydes is 1. The maximum absolute atomic E-state index is 13.2. The zero-order chi connectivity index (χ0) is 14.8. The fraction of sp³-hybridized carbons (Fsp3) is 0.375. The van der Waals surface area contributed by atoms with Crippen molar-refractivity contribution in [3.05, 3.63) is 52.1 Å². The van der Waals surface area contributed by atoms with Gasteiger partial charge in [-0.25, -0.2) is 9.07 Å². The van der Waals surface area contributed by atoms with Gasteiger partial charge in [0.05, 0.1) is 17.8 Å². The molecule has 3 rings (SSSR count). The number of nitrogens with zero attached hydrogens (tertiary/aromatic N) is 2. The van der Waals surface area contributed by atoms with E-state index in [1.54, 1.807) is 10.7 Å². The molecule has 0 bridgehead atoms. The van der Waals surface area contributed by atoms with Crippen LogP contribution in [0.3, 0.4) is 0 Å². The number of carbonyl (C=O) groups is 1. The van der Waals surface area contributed by atoms with E-state index >= 15 is 0 Å². The molecule has 1 aliphatic rings. The molecule has 21 heavy (non-hydrogen) atoms. The third-order valence-corrected chi connectivity index (χ3v) is 4.43. The summed E-state index contributed by atoms with van der Waals surface area (Å²) in [6.07, 6.45) is 5.21. The van der Waals surface area contributed by atoms with Crippen LogP contribution in [0, 0.1) is 5.82 Å². The van der Waals surface area contributed by atoms with E-state index in [2.05, 4.69) is 5.10 Å². The standard InChI is InChI=1S/C16H16ClFN2O/c17-16-14(10-21)15(12-5-1-2-6-12)19-20(16)9-11-4-3-7-13(18)8-11/h3-4,7-8,10,12H,1-2,5-6,9H2. The van der Waals surface area contributed by atoms with Gasteiger partial charge in [0.25, 0.3) is 0 Å². The Morgan fingerprint density at radius 2 is 2.14 bits per heavy atom. The Morgan fingerprint density at radius 3 is 2.81 bits per heavy atom. The second kappa shape index (κ2) is 5.98. The van der Waals surface area contributed by atoms with Gasteiger partial charge in [-0.1, -0.05) is 36.6 Å². The summed E-state index contributed by atoms with van der Waals surface area (Å²) < 4.78 is 14.8. The molecule has 1 fully saturated rings. The number of benzene rings is 1. The average molecular weight is 307 g/mol. The summed E-state index contributed by atoms with van der Waals surface area (Å²) in [6.45, 7) is 0.365. The predicted molar refractivity (Wildman–Crippen MR) is 79.3 cm³/mol. The average Bonchev–Trinajstić information content (AvgIpc) is 3.08. The van der Waals surface area contributed by atoms with Crippen molar-refractivity contribution < 1.29 is 9.18 Å². The van der Waals surface area contributed by atoms with Gasteiger partial charge in [0.2, 0.25) is 0 Å². The second-order valence-electron chi connectivity index (χ2n) is 5.48. The molecule has 1 aromatic heterocycles. The summed E-state index contributed by atoms with van der Waals surface area (Å²) in [7, 11) is 0. The fourth-order valence-electron chi connectivity index (χ4n) is 3.00. The summed E-state index contributed by atoms with van der Waals surface area (Å²) >= 11 is 6.27. The molecule has 5 heteroatoms. The van der Waals surface area contributed by atoms with E-state index in [4.69, 9.17) is 11.6 Å². The molecule has 1 aromatic carbocycles. The minimum Gasteiger partial charge on any atom is -0.298 e. The largest absolute Gasteiger partial charge is 0.298 e. The van der Waals surface area contributed by atoms with Gasteiger partial charge in [-0.05, 0) is 30.5 Å². The predicted octanol–water partition coefficient (Wildman–Crippen LogP) is 4.19. The van der Waals surface area contributed by atoms with Crippen molar-refractivity contribution in [2.24, 2.45) is 0 Å². The Balaban J connectivity index is 1.93. The van der Waals surface area contributed by atoms with Gasteiger partial charge in [-0.3, -0.25) is 4.79 Å². The van der Waals surface area contributed by atoms with Crippen molar-refractivity contribution in [3.8, 4) is 0 Å². The van der Waals surface area contributed by atoms with Crippen LogP contribution < -0.4 is 0 Å². The molecule has 0 unspecified atom stereocenters. The molecule has 0 aliphatic heterocycles. The third-order valence-electron chi connectivity index (χ3n) is 4.03. The first-order valence-corrected chi connectivity index (χ1v) is 7.52. The maximum Gasteiger partial charge on any atom is 0.155 e. The van der Waals surface area contributed by atoms with E-state index in [0.717, 1.165) is 43.2 Å². The van der Waals surface area contributed by atoms with Gasteiger partial charge >= 0.3 is 0 Å². The molecular weight excluding hydrogens is 291 g/mol. The number of hydrogen-bond acceptors (Lipinski definition) is 2. The fourth-order valence-corrected chi connectivity index (χ4v) is 3.23. The van der Waals surface area contributed by atoms with Crippen molar-refractivity contribution in [2.75, 3.05) is 0 Å². The first kappa shape index (κ1) is 14.3. The first-order valence-electron chi connectivity index (χ1n) is 7.15. The van der Waals surface area contributed by atoms with Gasteiger partial charge < -0.3 is 0 Å². The van der Waals surface area contributed by atoms with Crippen LogP contribution in [0.25, 0.3) is 0 Å². The molecule has 110 valence electrons. The van der Waals surface area contributed by atoms with Crippen LogP contribution >= 0.6 is 11.6 Å². The molecule has 3 nitrogen and oxygen atoms in total. The summed E-state index contributed by atoms with van der Waals surface area (Å²) in [5.41, 5.74) is 2.05. The summed E-state index contributed by atoms with van der Waals surface area (Å²) in [4.78, 5) is 11.3. The van der Waals surface area contributed by atoms with Crippen molar-refractivity contribution in [1.29, 1.82) is 0 Å². The van der Waals surface area contributed by atoms with Crippen LogP contribution in [0.4, 0.5) is 4.39 Å². The number of carbonyl (C=O) groups excluding carboxylic acids is 1. The molecular formula is C16H16ClFN2O. The minimum absolute atomic E-state index is 0.289. The summed E-state index contributed by atoms with van der Waals surface area (Å²) in [5.74, 6) is 0.0267. The highest BCUT2D eigenvalue weighted by atomic mass is 35.5. The van der Waals surface area contributed by atoms with Crippen LogP contribution in [0.5, 0.6) is 0 Å². The quantitative estimate of drug-likeness (QED) is 0.794. The molecule has 0 spiro atoms. The lowest BCUT2D eigenvalue weighted by molar-refractivity contribution is 0.112. The molecule has 0 radical (unpaired) electrons. The minimum atomic E-state index is -0.289. The van der Waals surface area contributed by atoms with E-state index in [1.165, 1.54) is 12.1 Å². The summed E-state index contributed by atoms with van der Waals surface area (Å²) in [5, 5.41) is 4.86. The highest BCUT2D eigenvalue weighted by Gasteiger charge is 2.26. The van der Waals surface area contributed by atoms with Gasteiger partial charge in [-0.15, -0.1) is 0 Å². The van der Waals surface area contributed by atoms with Crippen LogP contribution in [0.15, 0.2) is 24.3 Å². The molecule has 0 saturated heterocycles. The van der Waals surface area contributed by atoms with Crippen molar-refractivity contribution in [2.45, 2.75) is 38.1 Å². The van der Waals surface area contributed by atoms with Gasteiger partial charge in [-0.2, -0.15) is 5.10 Å². The Kier molecular flexibility index (Phi) is 4.06. The van der Waals surface area contributed by atoms with Crippen LogP contribution in [0.1, 0.15) is 53.2 Å². The highest BCUT2D eigenvalue weighted by molar-refractivity contribution is 6.32. The molecule has 2 aromatic rings. The SMILES string of the molecule is O=Cc1c(C2CCCC2)nn(Cc2cccc(F)c2)c1Cl. The lowest BCUT2D eigenvalue weighted by Crippen LogP contribution is -2.03. The van der Waals surface area contributed by atoms with Crippen molar-refractivity contribution in [3.63, 3.8) is 0 Å². The Hall–Kier alpha value is -1.68. The highest BCUT2D eigenvalue weighted by Crippen LogP contribution is 2.36. The number of halogens is 2. The zero-order valence-electron chi connectivity index (χ0n) is 11.6.